The third-order valence-electron chi connectivity index (χ3n) is 3.92. The fraction of sp³-hybridized carbons (Fsp3) is 0.846. The van der Waals surface area contributed by atoms with Gasteiger partial charge in [0.1, 0.15) is 0 Å². The monoisotopic (exact) mass is 253 g/mol. The smallest absolute Gasteiger partial charge is 0.224 e. The number of carbonyl (C=O) groups excluding carboxylic acids is 2. The maximum Gasteiger partial charge on any atom is 0.224 e. The van der Waals surface area contributed by atoms with Crippen LogP contribution in [0, 0.1) is 11.8 Å². The Morgan fingerprint density at radius 1 is 1.50 bits per heavy atom. The van der Waals surface area contributed by atoms with Crippen molar-refractivity contribution in [2.75, 3.05) is 33.2 Å². The van der Waals surface area contributed by atoms with Crippen LogP contribution >= 0.6 is 0 Å². The molecule has 2 atom stereocenters. The number of piperidine rings is 2. The Labute approximate surface area is 108 Å². The first-order valence-corrected chi connectivity index (χ1v) is 6.88. The number of amides is 2. The van der Waals surface area contributed by atoms with Gasteiger partial charge in [-0.1, -0.05) is 0 Å². The standard InChI is InChI=1S/C13H23N3O2/c1-16-6-2-3-10(9-16)7-15-13(18)11-4-5-12(17)14-8-11/h10-11H,2-9H2,1H3,(H,14,17)(H,15,18). The Hall–Kier alpha value is -1.10. The molecule has 2 aliphatic heterocycles. The molecule has 2 amide bonds. The first-order valence-electron chi connectivity index (χ1n) is 6.88. The van der Waals surface area contributed by atoms with Gasteiger partial charge in [-0.25, -0.2) is 0 Å². The fourth-order valence-corrected chi connectivity index (χ4v) is 2.79. The largest absolute Gasteiger partial charge is 0.355 e. The van der Waals surface area contributed by atoms with Gasteiger partial charge in [-0.2, -0.15) is 0 Å². The van der Waals surface area contributed by atoms with Crippen LogP contribution in [0.3, 0.4) is 0 Å². The van der Waals surface area contributed by atoms with E-state index in [2.05, 4.69) is 22.6 Å². The zero-order valence-electron chi connectivity index (χ0n) is 11.1. The lowest BCUT2D eigenvalue weighted by molar-refractivity contribution is -0.129. The highest BCUT2D eigenvalue weighted by atomic mass is 16.2. The molecule has 18 heavy (non-hydrogen) atoms. The van der Waals surface area contributed by atoms with E-state index in [1.807, 2.05) is 0 Å². The van der Waals surface area contributed by atoms with Crippen LogP contribution in [0.15, 0.2) is 0 Å². The summed E-state index contributed by atoms with van der Waals surface area (Å²) in [6.45, 7) is 3.50. The van der Waals surface area contributed by atoms with Gasteiger partial charge in [-0.05, 0) is 38.8 Å². The van der Waals surface area contributed by atoms with Gasteiger partial charge in [0.2, 0.25) is 11.8 Å². The highest BCUT2D eigenvalue weighted by molar-refractivity contribution is 5.83. The summed E-state index contributed by atoms with van der Waals surface area (Å²) in [6.07, 6.45) is 3.58. The van der Waals surface area contributed by atoms with Crippen LogP contribution in [0.1, 0.15) is 25.7 Å². The van der Waals surface area contributed by atoms with Gasteiger partial charge in [0, 0.05) is 26.1 Å². The van der Waals surface area contributed by atoms with E-state index in [0.29, 0.717) is 25.3 Å². The van der Waals surface area contributed by atoms with Crippen LogP contribution in [0.25, 0.3) is 0 Å². The van der Waals surface area contributed by atoms with Crippen molar-refractivity contribution >= 4 is 11.8 Å². The van der Waals surface area contributed by atoms with Crippen molar-refractivity contribution in [1.82, 2.24) is 15.5 Å². The third-order valence-corrected chi connectivity index (χ3v) is 3.92. The van der Waals surface area contributed by atoms with E-state index in [1.165, 1.54) is 19.4 Å². The topological polar surface area (TPSA) is 61.4 Å². The minimum absolute atomic E-state index is 0.0379. The molecule has 2 heterocycles. The Balaban J connectivity index is 1.69. The van der Waals surface area contributed by atoms with E-state index >= 15 is 0 Å². The normalized spacial score (nSPS) is 29.7. The number of nitrogens with one attached hydrogen (secondary N) is 2. The fourth-order valence-electron chi connectivity index (χ4n) is 2.79. The second kappa shape index (κ2) is 6.18. The van der Waals surface area contributed by atoms with Crippen molar-refractivity contribution < 1.29 is 9.59 Å². The lowest BCUT2D eigenvalue weighted by atomic mass is 9.96. The Bertz CT molecular complexity index is 309. The Kier molecular flexibility index (Phi) is 4.58. The molecular formula is C13H23N3O2. The van der Waals surface area contributed by atoms with Gasteiger partial charge in [0.25, 0.3) is 0 Å². The quantitative estimate of drug-likeness (QED) is 0.742. The number of hydrogen-bond acceptors (Lipinski definition) is 3. The van der Waals surface area contributed by atoms with Gasteiger partial charge in [0.15, 0.2) is 0 Å². The van der Waals surface area contributed by atoms with Crippen molar-refractivity contribution in [3.05, 3.63) is 0 Å². The summed E-state index contributed by atoms with van der Waals surface area (Å²) in [6, 6.07) is 0. The molecule has 0 aromatic carbocycles. The highest BCUT2D eigenvalue weighted by Crippen LogP contribution is 2.15. The minimum Gasteiger partial charge on any atom is -0.355 e. The van der Waals surface area contributed by atoms with Crippen molar-refractivity contribution in [2.24, 2.45) is 11.8 Å². The van der Waals surface area contributed by atoms with Gasteiger partial charge >= 0.3 is 0 Å². The van der Waals surface area contributed by atoms with Crippen molar-refractivity contribution in [1.29, 1.82) is 0 Å². The molecule has 2 saturated heterocycles. The molecule has 2 N–H and O–H groups in total. The summed E-state index contributed by atoms with van der Waals surface area (Å²) in [7, 11) is 2.13. The van der Waals surface area contributed by atoms with E-state index < -0.39 is 0 Å². The molecule has 5 heteroatoms. The van der Waals surface area contributed by atoms with Gasteiger partial charge < -0.3 is 15.5 Å². The van der Waals surface area contributed by atoms with Crippen LogP contribution in [0.5, 0.6) is 0 Å². The zero-order valence-corrected chi connectivity index (χ0v) is 11.1. The third kappa shape index (κ3) is 3.70. The average molecular weight is 253 g/mol. The predicted octanol–water partition coefficient (Wildman–Crippen LogP) is -0.0294. The van der Waals surface area contributed by atoms with Crippen LogP contribution in [0.2, 0.25) is 0 Å². The SMILES string of the molecule is CN1CCCC(CNC(=O)C2CCC(=O)NC2)C1. The number of likely N-dealkylation sites (tertiary alicyclic amines) is 1. The highest BCUT2D eigenvalue weighted by Gasteiger charge is 2.25. The molecule has 2 rings (SSSR count). The van der Waals surface area contributed by atoms with Crippen LogP contribution in [-0.4, -0.2) is 49.9 Å². The van der Waals surface area contributed by atoms with E-state index in [9.17, 15) is 9.59 Å². The molecule has 0 aromatic heterocycles. The van der Waals surface area contributed by atoms with Crippen molar-refractivity contribution in [2.45, 2.75) is 25.7 Å². The summed E-state index contributed by atoms with van der Waals surface area (Å²) >= 11 is 0. The number of nitrogens with zero attached hydrogens (tertiary/aromatic N) is 1. The zero-order chi connectivity index (χ0) is 13.0. The van der Waals surface area contributed by atoms with Crippen molar-refractivity contribution in [3.63, 3.8) is 0 Å². The average Bonchev–Trinajstić information content (AvgIpc) is 2.37. The molecule has 0 aliphatic carbocycles. The summed E-state index contributed by atoms with van der Waals surface area (Å²) in [5.74, 6) is 0.700. The first kappa shape index (κ1) is 13.3. The molecule has 0 saturated carbocycles. The van der Waals surface area contributed by atoms with E-state index in [-0.39, 0.29) is 17.7 Å². The molecular weight excluding hydrogens is 230 g/mol. The van der Waals surface area contributed by atoms with Gasteiger partial charge in [0.05, 0.1) is 5.92 Å². The van der Waals surface area contributed by atoms with E-state index in [0.717, 1.165) is 13.1 Å². The molecule has 2 aliphatic rings. The van der Waals surface area contributed by atoms with Crippen LogP contribution in [-0.2, 0) is 9.59 Å². The number of hydrogen-bond donors (Lipinski definition) is 2. The second-order valence-electron chi connectivity index (χ2n) is 5.56. The molecule has 0 bridgehead atoms. The first-order chi connectivity index (χ1) is 8.65. The van der Waals surface area contributed by atoms with Crippen LogP contribution in [0.4, 0.5) is 0 Å². The summed E-state index contributed by atoms with van der Waals surface area (Å²) in [5.41, 5.74) is 0. The second-order valence-corrected chi connectivity index (χ2v) is 5.56. The predicted molar refractivity (Wildman–Crippen MR) is 69.0 cm³/mol. The molecule has 102 valence electrons. The Morgan fingerprint density at radius 2 is 2.33 bits per heavy atom. The maximum absolute atomic E-state index is 12.0. The number of carbonyl (C=O) groups is 2. The molecule has 2 fully saturated rings. The molecule has 5 nitrogen and oxygen atoms in total. The van der Waals surface area contributed by atoms with Crippen molar-refractivity contribution in [3.8, 4) is 0 Å². The van der Waals surface area contributed by atoms with E-state index in [1.54, 1.807) is 0 Å². The Morgan fingerprint density at radius 3 is 3.00 bits per heavy atom. The molecule has 0 radical (unpaired) electrons. The molecule has 0 aromatic rings. The minimum atomic E-state index is -0.0379. The lowest BCUT2D eigenvalue weighted by Crippen LogP contribution is -2.45. The summed E-state index contributed by atoms with van der Waals surface area (Å²) in [4.78, 5) is 25.3. The van der Waals surface area contributed by atoms with Gasteiger partial charge in [-0.3, -0.25) is 9.59 Å². The van der Waals surface area contributed by atoms with E-state index in [4.69, 9.17) is 0 Å². The molecule has 0 spiro atoms. The lowest BCUT2D eigenvalue weighted by Gasteiger charge is -2.30. The molecule has 2 unspecified atom stereocenters. The maximum atomic E-state index is 12.0. The van der Waals surface area contributed by atoms with Crippen LogP contribution < -0.4 is 10.6 Å². The number of rotatable bonds is 3. The van der Waals surface area contributed by atoms with Gasteiger partial charge in [-0.15, -0.1) is 0 Å². The summed E-state index contributed by atoms with van der Waals surface area (Å²) in [5, 5.41) is 5.79. The summed E-state index contributed by atoms with van der Waals surface area (Å²) < 4.78 is 0.